The predicted octanol–water partition coefficient (Wildman–Crippen LogP) is 4.48. The molecule has 0 unspecified atom stereocenters. The van der Waals surface area contributed by atoms with E-state index in [1.54, 1.807) is 0 Å². The van der Waals surface area contributed by atoms with E-state index in [4.69, 9.17) is 11.6 Å². The Morgan fingerprint density at radius 2 is 1.53 bits per heavy atom. The minimum Gasteiger partial charge on any atom is -0.371 e. The SMILES string of the molecule is Clc1ccc(N2CCCCC2)c2ccccc12. The van der Waals surface area contributed by atoms with Crippen LogP contribution in [0.2, 0.25) is 5.02 Å². The van der Waals surface area contributed by atoms with E-state index in [-0.39, 0.29) is 0 Å². The Balaban J connectivity index is 2.12. The standard InChI is InChI=1S/C15H16ClN/c16-14-8-9-15(17-10-4-1-5-11-17)13-7-3-2-6-12(13)14/h2-3,6-9H,1,4-5,10-11H2. The molecular weight excluding hydrogens is 230 g/mol. The fraction of sp³-hybridized carbons (Fsp3) is 0.333. The third-order valence-electron chi connectivity index (χ3n) is 3.54. The summed E-state index contributed by atoms with van der Waals surface area (Å²) in [5.41, 5.74) is 1.34. The smallest absolute Gasteiger partial charge is 0.0485 e. The molecule has 0 radical (unpaired) electrons. The summed E-state index contributed by atoms with van der Waals surface area (Å²) in [6.45, 7) is 2.34. The maximum atomic E-state index is 6.25. The Bertz CT molecular complexity index is 529. The topological polar surface area (TPSA) is 3.24 Å². The largest absolute Gasteiger partial charge is 0.371 e. The van der Waals surface area contributed by atoms with Gasteiger partial charge in [-0.2, -0.15) is 0 Å². The van der Waals surface area contributed by atoms with Crippen LogP contribution in [0, 0.1) is 0 Å². The second kappa shape index (κ2) is 4.58. The lowest BCUT2D eigenvalue weighted by molar-refractivity contribution is 0.579. The summed E-state index contributed by atoms with van der Waals surface area (Å²) in [6, 6.07) is 12.6. The number of fused-ring (bicyclic) bond motifs is 1. The molecule has 2 aromatic carbocycles. The Hall–Kier alpha value is -1.21. The highest BCUT2D eigenvalue weighted by Gasteiger charge is 2.14. The van der Waals surface area contributed by atoms with E-state index in [1.165, 1.54) is 43.4 Å². The second-order valence-electron chi connectivity index (χ2n) is 4.66. The Morgan fingerprint density at radius 3 is 2.29 bits per heavy atom. The van der Waals surface area contributed by atoms with Crippen molar-refractivity contribution >= 4 is 28.1 Å². The van der Waals surface area contributed by atoms with E-state index in [0.717, 1.165) is 10.4 Å². The second-order valence-corrected chi connectivity index (χ2v) is 5.07. The monoisotopic (exact) mass is 245 g/mol. The van der Waals surface area contributed by atoms with Crippen molar-refractivity contribution < 1.29 is 0 Å². The first-order valence-corrected chi connectivity index (χ1v) is 6.66. The van der Waals surface area contributed by atoms with Crippen LogP contribution in [0.25, 0.3) is 10.8 Å². The molecule has 2 heteroatoms. The van der Waals surface area contributed by atoms with Gasteiger partial charge >= 0.3 is 0 Å². The summed E-state index contributed by atoms with van der Waals surface area (Å²) in [4.78, 5) is 2.49. The van der Waals surface area contributed by atoms with Gasteiger partial charge in [0, 0.05) is 34.6 Å². The predicted molar refractivity (Wildman–Crippen MR) is 75.0 cm³/mol. The molecule has 3 rings (SSSR count). The van der Waals surface area contributed by atoms with Crippen LogP contribution in [-0.2, 0) is 0 Å². The van der Waals surface area contributed by atoms with Crippen LogP contribution in [0.1, 0.15) is 19.3 Å². The average Bonchev–Trinajstić information content (AvgIpc) is 2.41. The number of hydrogen-bond donors (Lipinski definition) is 0. The number of halogens is 1. The molecule has 17 heavy (non-hydrogen) atoms. The van der Waals surface area contributed by atoms with Crippen LogP contribution in [0.3, 0.4) is 0 Å². The number of piperidine rings is 1. The van der Waals surface area contributed by atoms with E-state index < -0.39 is 0 Å². The Morgan fingerprint density at radius 1 is 0.824 bits per heavy atom. The van der Waals surface area contributed by atoms with Crippen molar-refractivity contribution in [3.8, 4) is 0 Å². The normalized spacial score (nSPS) is 16.4. The molecule has 0 atom stereocenters. The lowest BCUT2D eigenvalue weighted by Gasteiger charge is -2.30. The Kier molecular flexibility index (Phi) is 2.94. The van der Waals surface area contributed by atoms with Crippen LogP contribution in [0.15, 0.2) is 36.4 Å². The molecule has 1 heterocycles. The highest BCUT2D eigenvalue weighted by atomic mass is 35.5. The van der Waals surface area contributed by atoms with Gasteiger partial charge in [0.2, 0.25) is 0 Å². The van der Waals surface area contributed by atoms with E-state index in [9.17, 15) is 0 Å². The first kappa shape index (κ1) is 10.9. The summed E-state index contributed by atoms with van der Waals surface area (Å²) >= 11 is 6.25. The van der Waals surface area contributed by atoms with Gasteiger partial charge in [-0.25, -0.2) is 0 Å². The summed E-state index contributed by atoms with van der Waals surface area (Å²) in [5.74, 6) is 0. The molecule has 2 aromatic rings. The Labute approximate surface area is 107 Å². The quantitative estimate of drug-likeness (QED) is 0.716. The molecule has 0 aliphatic carbocycles. The maximum Gasteiger partial charge on any atom is 0.0485 e. The number of hydrogen-bond acceptors (Lipinski definition) is 1. The minimum absolute atomic E-state index is 0.848. The summed E-state index contributed by atoms with van der Waals surface area (Å²) in [6.07, 6.45) is 3.97. The lowest BCUT2D eigenvalue weighted by Crippen LogP contribution is -2.29. The zero-order valence-corrected chi connectivity index (χ0v) is 10.6. The molecule has 0 saturated carbocycles. The van der Waals surface area contributed by atoms with Gasteiger partial charge in [0.25, 0.3) is 0 Å². The van der Waals surface area contributed by atoms with Crippen LogP contribution in [-0.4, -0.2) is 13.1 Å². The van der Waals surface area contributed by atoms with Gasteiger partial charge < -0.3 is 4.90 Å². The van der Waals surface area contributed by atoms with Gasteiger partial charge in [0.15, 0.2) is 0 Å². The van der Waals surface area contributed by atoms with Gasteiger partial charge in [0.05, 0.1) is 0 Å². The summed E-state index contributed by atoms with van der Waals surface area (Å²) in [7, 11) is 0. The van der Waals surface area contributed by atoms with E-state index in [1.807, 2.05) is 12.1 Å². The fourth-order valence-corrected chi connectivity index (χ4v) is 2.88. The van der Waals surface area contributed by atoms with Crippen molar-refractivity contribution in [1.82, 2.24) is 0 Å². The first-order chi connectivity index (χ1) is 8.36. The van der Waals surface area contributed by atoms with Gasteiger partial charge in [-0.15, -0.1) is 0 Å². The third-order valence-corrected chi connectivity index (χ3v) is 3.87. The van der Waals surface area contributed by atoms with E-state index >= 15 is 0 Å². The van der Waals surface area contributed by atoms with Gasteiger partial charge in [-0.05, 0) is 31.4 Å². The van der Waals surface area contributed by atoms with Crippen molar-refractivity contribution in [2.24, 2.45) is 0 Å². The number of anilines is 1. The van der Waals surface area contributed by atoms with Crippen molar-refractivity contribution in [2.45, 2.75) is 19.3 Å². The number of benzene rings is 2. The van der Waals surface area contributed by atoms with Crippen molar-refractivity contribution in [1.29, 1.82) is 0 Å². The molecule has 0 bridgehead atoms. The maximum absolute atomic E-state index is 6.25. The molecule has 1 aliphatic rings. The molecular formula is C15H16ClN. The molecule has 0 aromatic heterocycles. The van der Waals surface area contributed by atoms with Crippen LogP contribution < -0.4 is 4.90 Å². The highest BCUT2D eigenvalue weighted by molar-refractivity contribution is 6.36. The van der Waals surface area contributed by atoms with Crippen LogP contribution in [0.5, 0.6) is 0 Å². The van der Waals surface area contributed by atoms with Gasteiger partial charge in [0.1, 0.15) is 0 Å². The van der Waals surface area contributed by atoms with Gasteiger partial charge in [-0.1, -0.05) is 35.9 Å². The van der Waals surface area contributed by atoms with Crippen molar-refractivity contribution in [2.75, 3.05) is 18.0 Å². The summed E-state index contributed by atoms with van der Waals surface area (Å²) in [5, 5.41) is 3.29. The molecule has 0 spiro atoms. The summed E-state index contributed by atoms with van der Waals surface area (Å²) < 4.78 is 0. The fourth-order valence-electron chi connectivity index (χ4n) is 2.66. The third kappa shape index (κ3) is 2.00. The zero-order valence-electron chi connectivity index (χ0n) is 9.82. The van der Waals surface area contributed by atoms with Gasteiger partial charge in [-0.3, -0.25) is 0 Å². The van der Waals surface area contributed by atoms with E-state index in [2.05, 4.69) is 29.2 Å². The molecule has 1 saturated heterocycles. The molecule has 1 aliphatic heterocycles. The minimum atomic E-state index is 0.848. The average molecular weight is 246 g/mol. The van der Waals surface area contributed by atoms with E-state index in [0.29, 0.717) is 0 Å². The lowest BCUT2D eigenvalue weighted by atomic mass is 10.1. The van der Waals surface area contributed by atoms with Crippen LogP contribution >= 0.6 is 11.6 Å². The molecule has 1 fully saturated rings. The molecule has 0 amide bonds. The van der Waals surface area contributed by atoms with Crippen LogP contribution in [0.4, 0.5) is 5.69 Å². The molecule has 1 nitrogen and oxygen atoms in total. The zero-order chi connectivity index (χ0) is 11.7. The highest BCUT2D eigenvalue weighted by Crippen LogP contribution is 2.33. The number of rotatable bonds is 1. The van der Waals surface area contributed by atoms with Crippen molar-refractivity contribution in [3.63, 3.8) is 0 Å². The van der Waals surface area contributed by atoms with Crippen molar-refractivity contribution in [3.05, 3.63) is 41.4 Å². The molecule has 0 N–H and O–H groups in total. The first-order valence-electron chi connectivity index (χ1n) is 6.28. The molecule has 88 valence electrons. The number of nitrogens with zero attached hydrogens (tertiary/aromatic N) is 1.